The minimum absolute atomic E-state index is 0.331. The number of aromatic amines is 1. The molecule has 1 unspecified atom stereocenters. The lowest BCUT2D eigenvalue weighted by atomic mass is 10.2. The lowest BCUT2D eigenvalue weighted by Gasteiger charge is -2.12. The number of imidazole rings is 1. The molecule has 23 heavy (non-hydrogen) atoms. The molecule has 1 saturated carbocycles. The number of fused-ring (bicyclic) bond motifs is 1. The summed E-state index contributed by atoms with van der Waals surface area (Å²) in [6.45, 7) is 1.83. The van der Waals surface area contributed by atoms with Gasteiger partial charge in [-0.25, -0.2) is 9.78 Å². The van der Waals surface area contributed by atoms with Crippen LogP contribution in [0.25, 0.3) is 11.0 Å². The van der Waals surface area contributed by atoms with Gasteiger partial charge in [0.1, 0.15) is 0 Å². The van der Waals surface area contributed by atoms with Crippen LogP contribution < -0.4 is 0 Å². The number of para-hydroxylation sites is 2. The highest BCUT2D eigenvalue weighted by Gasteiger charge is 2.27. The average Bonchev–Trinajstić information content (AvgIpc) is 3.18. The zero-order valence-corrected chi connectivity index (χ0v) is 13.1. The summed E-state index contributed by atoms with van der Waals surface area (Å²) >= 11 is 0. The van der Waals surface area contributed by atoms with Crippen molar-refractivity contribution < 1.29 is 9.53 Å². The van der Waals surface area contributed by atoms with E-state index >= 15 is 0 Å². The molecule has 1 fully saturated rings. The van der Waals surface area contributed by atoms with E-state index in [1.807, 2.05) is 42.8 Å². The minimum Gasteiger partial charge on any atom is -0.450 e. The van der Waals surface area contributed by atoms with Crippen LogP contribution in [0.5, 0.6) is 0 Å². The number of carbonyl (C=O) groups is 1. The largest absolute Gasteiger partial charge is 0.450 e. The lowest BCUT2D eigenvalue weighted by Crippen LogP contribution is -2.13. The molecule has 6 nitrogen and oxygen atoms in total. The molecule has 0 amide bonds. The molecule has 0 aliphatic heterocycles. The highest BCUT2D eigenvalue weighted by molar-refractivity contribution is 5.87. The van der Waals surface area contributed by atoms with Crippen molar-refractivity contribution in [2.45, 2.75) is 31.8 Å². The maximum absolute atomic E-state index is 12.3. The number of H-pyrrole nitrogens is 1. The summed E-state index contributed by atoms with van der Waals surface area (Å²) in [6.07, 6.45) is 1.88. The van der Waals surface area contributed by atoms with E-state index in [-0.39, 0.29) is 0 Å². The summed E-state index contributed by atoms with van der Waals surface area (Å²) in [7, 11) is 1.93. The molecule has 0 radical (unpaired) electrons. The zero-order chi connectivity index (χ0) is 16.0. The number of hydrogen-bond acceptors (Lipinski definition) is 4. The minimum atomic E-state index is -0.444. The molecule has 1 N–H and O–H groups in total. The molecule has 4 rings (SSSR count). The standard InChI is InChI=1S/C17H18N4O2/c1-10(16-18-12-5-3-4-6-15(12)21(16)2)23-17(22)14-9-13(19-20-14)11-7-8-11/h3-6,9-11H,7-8H2,1-2H3,(H,19,20). The molecule has 118 valence electrons. The number of aryl methyl sites for hydroxylation is 1. The van der Waals surface area contributed by atoms with Gasteiger partial charge in [-0.15, -0.1) is 0 Å². The van der Waals surface area contributed by atoms with Crippen molar-refractivity contribution in [3.8, 4) is 0 Å². The SMILES string of the molecule is CC(OC(=O)c1cc(C2CC2)[nH]n1)c1nc2ccccc2n1C. The van der Waals surface area contributed by atoms with Crippen LogP contribution in [-0.2, 0) is 11.8 Å². The van der Waals surface area contributed by atoms with Gasteiger partial charge in [0.25, 0.3) is 0 Å². The fourth-order valence-electron chi connectivity index (χ4n) is 2.85. The molecule has 1 aromatic carbocycles. The van der Waals surface area contributed by atoms with Gasteiger partial charge in [-0.1, -0.05) is 12.1 Å². The van der Waals surface area contributed by atoms with Gasteiger partial charge >= 0.3 is 5.97 Å². The van der Waals surface area contributed by atoms with E-state index < -0.39 is 12.1 Å². The Labute approximate surface area is 133 Å². The quantitative estimate of drug-likeness (QED) is 0.752. The van der Waals surface area contributed by atoms with Gasteiger partial charge in [0.15, 0.2) is 17.6 Å². The number of ether oxygens (including phenoxy) is 1. The third-order valence-electron chi connectivity index (χ3n) is 4.29. The van der Waals surface area contributed by atoms with E-state index in [9.17, 15) is 4.79 Å². The highest BCUT2D eigenvalue weighted by Crippen LogP contribution is 2.39. The van der Waals surface area contributed by atoms with Gasteiger partial charge in [-0.3, -0.25) is 5.10 Å². The van der Waals surface area contributed by atoms with E-state index in [2.05, 4.69) is 15.2 Å². The van der Waals surface area contributed by atoms with Crippen molar-refractivity contribution in [3.63, 3.8) is 0 Å². The van der Waals surface area contributed by atoms with Crippen LogP contribution in [-0.4, -0.2) is 25.7 Å². The van der Waals surface area contributed by atoms with Gasteiger partial charge in [0, 0.05) is 18.7 Å². The highest BCUT2D eigenvalue weighted by atomic mass is 16.5. The first-order valence-electron chi connectivity index (χ1n) is 7.81. The molecule has 1 aliphatic carbocycles. The van der Waals surface area contributed by atoms with E-state index in [0.29, 0.717) is 11.6 Å². The van der Waals surface area contributed by atoms with Gasteiger partial charge in [0.2, 0.25) is 0 Å². The number of rotatable bonds is 4. The first-order chi connectivity index (χ1) is 11.1. The monoisotopic (exact) mass is 310 g/mol. The average molecular weight is 310 g/mol. The number of benzene rings is 1. The van der Waals surface area contributed by atoms with E-state index in [1.165, 1.54) is 0 Å². The second-order valence-corrected chi connectivity index (χ2v) is 6.05. The summed E-state index contributed by atoms with van der Waals surface area (Å²) in [4.78, 5) is 16.8. The Bertz CT molecular complexity index is 876. The van der Waals surface area contributed by atoms with Crippen LogP contribution in [0, 0.1) is 0 Å². The Morgan fingerprint density at radius 2 is 2.17 bits per heavy atom. The first-order valence-corrected chi connectivity index (χ1v) is 7.81. The van der Waals surface area contributed by atoms with Crippen molar-refractivity contribution in [1.82, 2.24) is 19.7 Å². The Morgan fingerprint density at radius 1 is 1.39 bits per heavy atom. The second-order valence-electron chi connectivity index (χ2n) is 6.05. The maximum Gasteiger partial charge on any atom is 0.359 e. The Morgan fingerprint density at radius 3 is 2.91 bits per heavy atom. The second kappa shape index (κ2) is 5.22. The normalized spacial score (nSPS) is 15.7. The molecule has 2 heterocycles. The van der Waals surface area contributed by atoms with Crippen LogP contribution in [0.2, 0.25) is 0 Å². The van der Waals surface area contributed by atoms with Crippen molar-refractivity contribution >= 4 is 17.0 Å². The van der Waals surface area contributed by atoms with Gasteiger partial charge in [-0.05, 0) is 38.0 Å². The lowest BCUT2D eigenvalue weighted by molar-refractivity contribution is 0.0308. The fourth-order valence-corrected chi connectivity index (χ4v) is 2.85. The smallest absolute Gasteiger partial charge is 0.359 e. The number of esters is 1. The maximum atomic E-state index is 12.3. The molecule has 6 heteroatoms. The summed E-state index contributed by atoms with van der Waals surface area (Å²) in [5, 5.41) is 6.99. The Hall–Kier alpha value is -2.63. The number of nitrogens with one attached hydrogen (secondary N) is 1. The molecular formula is C17H18N4O2. The van der Waals surface area contributed by atoms with E-state index in [1.54, 1.807) is 6.07 Å². The third-order valence-corrected chi connectivity index (χ3v) is 4.29. The van der Waals surface area contributed by atoms with Crippen molar-refractivity contribution in [3.05, 3.63) is 47.5 Å². The number of nitrogens with zero attached hydrogens (tertiary/aromatic N) is 3. The molecule has 1 atom stereocenters. The van der Waals surface area contributed by atoms with Gasteiger partial charge in [-0.2, -0.15) is 5.10 Å². The molecule has 0 bridgehead atoms. The van der Waals surface area contributed by atoms with Crippen LogP contribution in [0.3, 0.4) is 0 Å². The van der Waals surface area contributed by atoms with Crippen LogP contribution in [0.15, 0.2) is 30.3 Å². The molecule has 1 aliphatic rings. The molecule has 2 aromatic heterocycles. The van der Waals surface area contributed by atoms with Crippen molar-refractivity contribution in [2.75, 3.05) is 0 Å². The zero-order valence-electron chi connectivity index (χ0n) is 13.1. The summed E-state index contributed by atoms with van der Waals surface area (Å²) in [5.74, 6) is 0.825. The fraction of sp³-hybridized carbons (Fsp3) is 0.353. The Balaban J connectivity index is 1.54. The predicted octanol–water partition coefficient (Wildman–Crippen LogP) is 3.09. The van der Waals surface area contributed by atoms with Gasteiger partial charge in [0.05, 0.1) is 11.0 Å². The first kappa shape index (κ1) is 14.0. The van der Waals surface area contributed by atoms with Crippen LogP contribution in [0.4, 0.5) is 0 Å². The summed E-state index contributed by atoms with van der Waals surface area (Å²) < 4.78 is 7.49. The van der Waals surface area contributed by atoms with Crippen LogP contribution >= 0.6 is 0 Å². The Kier molecular flexibility index (Phi) is 3.18. The molecule has 0 spiro atoms. The molecule has 3 aromatic rings. The number of aromatic nitrogens is 4. The summed E-state index contributed by atoms with van der Waals surface area (Å²) in [5.41, 5.74) is 3.26. The molecule has 0 saturated heterocycles. The van der Waals surface area contributed by atoms with Gasteiger partial charge < -0.3 is 9.30 Å². The number of hydrogen-bond donors (Lipinski definition) is 1. The van der Waals surface area contributed by atoms with E-state index in [4.69, 9.17) is 4.74 Å². The molecular weight excluding hydrogens is 292 g/mol. The third kappa shape index (κ3) is 2.50. The summed E-state index contributed by atoms with van der Waals surface area (Å²) in [6, 6.07) is 9.65. The van der Waals surface area contributed by atoms with Crippen molar-refractivity contribution in [1.29, 1.82) is 0 Å². The topological polar surface area (TPSA) is 72.8 Å². The number of carbonyl (C=O) groups excluding carboxylic acids is 1. The van der Waals surface area contributed by atoms with E-state index in [0.717, 1.165) is 35.4 Å². The van der Waals surface area contributed by atoms with Crippen LogP contribution in [0.1, 0.15) is 53.8 Å². The van der Waals surface area contributed by atoms with Crippen molar-refractivity contribution in [2.24, 2.45) is 7.05 Å². The predicted molar refractivity (Wildman–Crippen MR) is 85.1 cm³/mol.